The van der Waals surface area contributed by atoms with Crippen LogP contribution < -0.4 is 0 Å². The third-order valence-electron chi connectivity index (χ3n) is 2.52. The topological polar surface area (TPSA) is 49.7 Å². The molecule has 1 aromatic carbocycles. The summed E-state index contributed by atoms with van der Waals surface area (Å²) in [6.07, 6.45) is 4.02. The summed E-state index contributed by atoms with van der Waals surface area (Å²) in [7, 11) is -0.793. The maximum Gasteiger partial charge on any atom is 0.256 e. The molecule has 0 bridgehead atoms. The second-order valence-corrected chi connectivity index (χ2v) is 5.44. The van der Waals surface area contributed by atoms with Crippen LogP contribution in [0.2, 0.25) is 6.04 Å². The zero-order valence-electron chi connectivity index (χ0n) is 9.81. The van der Waals surface area contributed by atoms with Gasteiger partial charge in [0.1, 0.15) is 5.82 Å². The van der Waals surface area contributed by atoms with E-state index in [4.69, 9.17) is 14.6 Å². The van der Waals surface area contributed by atoms with Gasteiger partial charge in [-0.2, -0.15) is 0 Å². The largest absolute Gasteiger partial charge is 0.379 e. The molecule has 0 saturated carbocycles. The van der Waals surface area contributed by atoms with Gasteiger partial charge in [-0.05, 0) is 36.6 Å². The Hall–Kier alpha value is -0.753. The molecule has 0 amide bonds. The first-order chi connectivity index (χ1) is 8.18. The Balaban J connectivity index is 2.01. The Bertz CT molecular complexity index is 320. The maximum atomic E-state index is 12.9. The number of unbranched alkanes of at least 4 members (excludes halogenated alkanes) is 2. The quantitative estimate of drug-likeness (QED) is 0.420. The minimum Gasteiger partial charge on any atom is -0.379 e. The van der Waals surface area contributed by atoms with E-state index in [0.717, 1.165) is 37.3 Å². The number of aliphatic hydroxyl groups excluding tert-OH is 1. The lowest BCUT2D eigenvalue weighted by molar-refractivity contribution is -0.180. The van der Waals surface area contributed by atoms with Gasteiger partial charge in [-0.15, -0.1) is 0 Å². The van der Waals surface area contributed by atoms with Crippen LogP contribution in [0, 0.1) is 5.82 Å². The smallest absolute Gasteiger partial charge is 0.256 e. The highest BCUT2D eigenvalue weighted by molar-refractivity contribution is 6.26. The van der Waals surface area contributed by atoms with Gasteiger partial charge >= 0.3 is 0 Å². The van der Waals surface area contributed by atoms with Crippen LogP contribution in [0.5, 0.6) is 0 Å². The minimum absolute atomic E-state index is 0.180. The first kappa shape index (κ1) is 14.3. The van der Waals surface area contributed by atoms with Gasteiger partial charge in [-0.1, -0.05) is 25.0 Å². The summed E-state index contributed by atoms with van der Waals surface area (Å²) < 4.78 is 17.6. The van der Waals surface area contributed by atoms with Gasteiger partial charge in [0.2, 0.25) is 0 Å². The van der Waals surface area contributed by atoms with E-state index < -0.39 is 16.2 Å². The molecular weight excluding hydrogens is 239 g/mol. The Labute approximate surface area is 103 Å². The molecule has 5 heteroatoms. The molecule has 2 N–H and O–H groups in total. The van der Waals surface area contributed by atoms with Gasteiger partial charge in [-0.25, -0.2) is 4.39 Å². The number of hydrogen-bond donors (Lipinski definition) is 2. The second kappa shape index (κ2) is 8.35. The fourth-order valence-electron chi connectivity index (χ4n) is 1.67. The van der Waals surface area contributed by atoms with Crippen molar-refractivity contribution in [1.29, 1.82) is 0 Å². The minimum atomic E-state index is -1.60. The van der Waals surface area contributed by atoms with E-state index >= 15 is 0 Å². The van der Waals surface area contributed by atoms with Crippen molar-refractivity contribution in [3.8, 4) is 0 Å². The van der Waals surface area contributed by atoms with Crippen molar-refractivity contribution in [3.63, 3.8) is 0 Å². The monoisotopic (exact) mass is 258 g/mol. The van der Waals surface area contributed by atoms with Crippen LogP contribution in [-0.2, 0) is 10.8 Å². The van der Waals surface area contributed by atoms with Crippen LogP contribution in [0.4, 0.5) is 4.39 Å². The number of aryl methyl sites for hydroxylation is 1. The Morgan fingerprint density at radius 3 is 2.76 bits per heavy atom. The van der Waals surface area contributed by atoms with Crippen molar-refractivity contribution in [2.75, 3.05) is 0 Å². The van der Waals surface area contributed by atoms with Crippen LogP contribution in [0.3, 0.4) is 0 Å². The lowest BCUT2D eigenvalue weighted by Crippen LogP contribution is -2.12. The van der Waals surface area contributed by atoms with Crippen LogP contribution in [0.25, 0.3) is 0 Å². The number of aliphatic hydroxyl groups is 2. The maximum absolute atomic E-state index is 12.9. The van der Waals surface area contributed by atoms with E-state index in [-0.39, 0.29) is 5.82 Å². The third kappa shape index (κ3) is 7.22. The average Bonchev–Trinajstić information content (AvgIpc) is 2.27. The molecule has 0 heterocycles. The van der Waals surface area contributed by atoms with Gasteiger partial charge in [-0.3, -0.25) is 0 Å². The predicted octanol–water partition coefficient (Wildman–Crippen LogP) is 1.33. The van der Waals surface area contributed by atoms with Crippen molar-refractivity contribution in [2.45, 2.75) is 38.2 Å². The van der Waals surface area contributed by atoms with E-state index in [1.54, 1.807) is 12.1 Å². The number of rotatable bonds is 8. The molecule has 1 aromatic rings. The average molecular weight is 258 g/mol. The highest BCUT2D eigenvalue weighted by atomic mass is 28.2. The molecule has 0 fully saturated rings. The molecule has 17 heavy (non-hydrogen) atoms. The summed E-state index contributed by atoms with van der Waals surface area (Å²) in [6, 6.07) is 7.63. The van der Waals surface area contributed by atoms with Crippen LogP contribution in [-0.4, -0.2) is 26.5 Å². The molecule has 0 aliphatic rings. The van der Waals surface area contributed by atoms with Gasteiger partial charge < -0.3 is 14.6 Å². The van der Waals surface area contributed by atoms with Crippen molar-refractivity contribution in [2.24, 2.45) is 0 Å². The van der Waals surface area contributed by atoms with E-state index in [9.17, 15) is 4.39 Å². The Morgan fingerprint density at radius 1 is 1.24 bits per heavy atom. The zero-order valence-corrected chi connectivity index (χ0v) is 11.2. The van der Waals surface area contributed by atoms with Crippen LogP contribution in [0.1, 0.15) is 24.8 Å². The molecule has 0 unspecified atom stereocenters. The van der Waals surface area contributed by atoms with E-state index in [1.807, 2.05) is 6.07 Å². The Morgan fingerprint density at radius 2 is 2.06 bits per heavy atom. The van der Waals surface area contributed by atoms with Crippen molar-refractivity contribution >= 4 is 9.76 Å². The summed E-state index contributed by atoms with van der Waals surface area (Å²) in [5.74, 6) is -0.180. The van der Waals surface area contributed by atoms with Crippen LogP contribution in [0.15, 0.2) is 24.3 Å². The predicted molar refractivity (Wildman–Crippen MR) is 66.6 cm³/mol. The fraction of sp³-hybridized carbons (Fsp3) is 0.500. The molecular formula is C12H19FO3Si. The summed E-state index contributed by atoms with van der Waals surface area (Å²) in [5.41, 5.74) is 1.03. The van der Waals surface area contributed by atoms with Gasteiger partial charge in [0.05, 0.1) is 0 Å². The molecule has 0 aliphatic heterocycles. The van der Waals surface area contributed by atoms with Crippen molar-refractivity contribution in [3.05, 3.63) is 35.6 Å². The normalized spacial score (nSPS) is 11.8. The molecule has 3 nitrogen and oxygen atoms in total. The summed E-state index contributed by atoms with van der Waals surface area (Å²) >= 11 is 0. The van der Waals surface area contributed by atoms with E-state index in [1.165, 1.54) is 6.07 Å². The molecule has 96 valence electrons. The SMILES string of the molecule is OC(O)O[SiH2]CCCCCc1cccc(F)c1. The lowest BCUT2D eigenvalue weighted by Gasteiger charge is -2.05. The first-order valence-electron chi connectivity index (χ1n) is 5.90. The molecule has 0 saturated heterocycles. The summed E-state index contributed by atoms with van der Waals surface area (Å²) in [6.45, 7) is -1.60. The molecule has 0 radical (unpaired) electrons. The van der Waals surface area contributed by atoms with Crippen molar-refractivity contribution < 1.29 is 19.0 Å². The van der Waals surface area contributed by atoms with Crippen LogP contribution >= 0.6 is 0 Å². The van der Waals surface area contributed by atoms with E-state index in [0.29, 0.717) is 0 Å². The van der Waals surface area contributed by atoms with E-state index in [2.05, 4.69) is 0 Å². The summed E-state index contributed by atoms with van der Waals surface area (Å²) in [4.78, 5) is 0. The number of halogens is 1. The first-order valence-corrected chi connectivity index (χ1v) is 7.48. The standard InChI is InChI=1S/C12H19FO3Si/c13-11-7-4-6-10(9-11)5-2-1-3-8-17-16-12(14)15/h4,6-7,9,12,14-15H,1-3,5,8,17H2. The van der Waals surface area contributed by atoms with Gasteiger partial charge in [0.25, 0.3) is 6.48 Å². The zero-order chi connectivity index (χ0) is 12.5. The molecule has 1 rings (SSSR count). The second-order valence-electron chi connectivity index (χ2n) is 3.99. The Kier molecular flexibility index (Phi) is 7.03. The molecule has 0 spiro atoms. The van der Waals surface area contributed by atoms with Gasteiger partial charge in [0.15, 0.2) is 9.76 Å². The third-order valence-corrected chi connectivity index (χ3v) is 3.84. The molecule has 0 atom stereocenters. The number of hydrogen-bond acceptors (Lipinski definition) is 3. The summed E-state index contributed by atoms with van der Waals surface area (Å²) in [5, 5.41) is 16.9. The van der Waals surface area contributed by atoms with Crippen molar-refractivity contribution in [1.82, 2.24) is 0 Å². The number of benzene rings is 1. The lowest BCUT2D eigenvalue weighted by atomic mass is 10.1. The molecule has 0 aliphatic carbocycles. The molecule has 0 aromatic heterocycles. The highest BCUT2D eigenvalue weighted by Gasteiger charge is 1.98. The van der Waals surface area contributed by atoms with Gasteiger partial charge in [0, 0.05) is 0 Å². The fourth-order valence-corrected chi connectivity index (χ4v) is 2.60. The highest BCUT2D eigenvalue weighted by Crippen LogP contribution is 2.09.